The van der Waals surface area contributed by atoms with Gasteiger partial charge in [-0.2, -0.15) is 18.4 Å². The van der Waals surface area contributed by atoms with E-state index in [2.05, 4.69) is 0 Å². The minimum absolute atomic E-state index is 0.0117. The minimum Gasteiger partial charge on any atom is -0.507 e. The van der Waals surface area contributed by atoms with E-state index in [4.69, 9.17) is 5.26 Å². The molecule has 74 valence electrons. The number of aromatic hydroxyl groups is 1. The third-order valence-electron chi connectivity index (χ3n) is 1.69. The van der Waals surface area contributed by atoms with Crippen molar-refractivity contribution in [1.29, 1.82) is 5.26 Å². The molecular formula is C9H6F3NO. The van der Waals surface area contributed by atoms with Gasteiger partial charge in [-0.05, 0) is 6.07 Å². The Morgan fingerprint density at radius 3 is 2.50 bits per heavy atom. The SMILES string of the molecule is N#CCc1cccc(C(F)(F)F)c1O. The second-order valence-corrected chi connectivity index (χ2v) is 2.65. The fourth-order valence-electron chi connectivity index (χ4n) is 1.05. The molecule has 5 heteroatoms. The fourth-order valence-corrected chi connectivity index (χ4v) is 1.05. The second-order valence-electron chi connectivity index (χ2n) is 2.65. The van der Waals surface area contributed by atoms with E-state index >= 15 is 0 Å². The lowest BCUT2D eigenvalue weighted by Crippen LogP contribution is -2.06. The van der Waals surface area contributed by atoms with Gasteiger partial charge in [0.25, 0.3) is 0 Å². The van der Waals surface area contributed by atoms with Crippen molar-refractivity contribution < 1.29 is 18.3 Å². The first-order chi connectivity index (χ1) is 6.46. The van der Waals surface area contributed by atoms with Crippen LogP contribution in [0, 0.1) is 11.3 Å². The highest BCUT2D eigenvalue weighted by molar-refractivity contribution is 5.43. The molecular weight excluding hydrogens is 195 g/mol. The Bertz CT molecular complexity index is 379. The summed E-state index contributed by atoms with van der Waals surface area (Å²) in [4.78, 5) is 0. The lowest BCUT2D eigenvalue weighted by atomic mass is 10.1. The number of phenolic OH excluding ortho intramolecular Hbond substituents is 1. The first-order valence-corrected chi connectivity index (χ1v) is 3.72. The Labute approximate surface area is 78.2 Å². The topological polar surface area (TPSA) is 44.0 Å². The van der Waals surface area contributed by atoms with E-state index in [0.717, 1.165) is 12.1 Å². The molecule has 0 aromatic heterocycles. The van der Waals surface area contributed by atoms with Crippen molar-refractivity contribution in [2.45, 2.75) is 12.6 Å². The number of phenols is 1. The van der Waals surface area contributed by atoms with Crippen LogP contribution in [-0.4, -0.2) is 5.11 Å². The quantitative estimate of drug-likeness (QED) is 0.758. The summed E-state index contributed by atoms with van der Waals surface area (Å²) in [5, 5.41) is 17.5. The van der Waals surface area contributed by atoms with E-state index in [-0.39, 0.29) is 12.0 Å². The summed E-state index contributed by atoms with van der Waals surface area (Å²) in [7, 11) is 0. The maximum Gasteiger partial charge on any atom is 0.419 e. The summed E-state index contributed by atoms with van der Waals surface area (Å²) in [5.41, 5.74) is -1.12. The molecule has 0 heterocycles. The van der Waals surface area contributed by atoms with Gasteiger partial charge in [-0.1, -0.05) is 12.1 Å². The number of nitriles is 1. The largest absolute Gasteiger partial charge is 0.507 e. The lowest BCUT2D eigenvalue weighted by molar-refractivity contribution is -0.138. The molecule has 0 saturated carbocycles. The zero-order chi connectivity index (χ0) is 10.8. The molecule has 0 saturated heterocycles. The standard InChI is InChI=1S/C9H6F3NO/c10-9(11,12)7-3-1-2-6(4-5-13)8(7)14/h1-3,14H,4H2. The normalized spacial score (nSPS) is 11.0. The van der Waals surface area contributed by atoms with E-state index in [9.17, 15) is 18.3 Å². The van der Waals surface area contributed by atoms with Gasteiger partial charge in [-0.15, -0.1) is 0 Å². The van der Waals surface area contributed by atoms with Crippen molar-refractivity contribution in [3.63, 3.8) is 0 Å². The van der Waals surface area contributed by atoms with Crippen LogP contribution in [0.1, 0.15) is 11.1 Å². The zero-order valence-electron chi connectivity index (χ0n) is 6.97. The Hall–Kier alpha value is -1.70. The predicted octanol–water partition coefficient (Wildman–Crippen LogP) is 2.48. The smallest absolute Gasteiger partial charge is 0.419 e. The maximum absolute atomic E-state index is 12.2. The second kappa shape index (κ2) is 3.58. The van der Waals surface area contributed by atoms with E-state index in [1.165, 1.54) is 6.07 Å². The lowest BCUT2D eigenvalue weighted by Gasteiger charge is -2.10. The first-order valence-electron chi connectivity index (χ1n) is 3.72. The summed E-state index contributed by atoms with van der Waals surface area (Å²) in [5.74, 6) is -0.860. The molecule has 1 aromatic carbocycles. The molecule has 0 bridgehead atoms. The summed E-state index contributed by atoms with van der Waals surface area (Å²) in [6, 6.07) is 4.90. The van der Waals surface area contributed by atoms with Crippen molar-refractivity contribution in [3.05, 3.63) is 29.3 Å². The van der Waals surface area contributed by atoms with Crippen LogP contribution in [-0.2, 0) is 12.6 Å². The van der Waals surface area contributed by atoms with Gasteiger partial charge in [0, 0.05) is 5.56 Å². The van der Waals surface area contributed by atoms with Crippen molar-refractivity contribution in [3.8, 4) is 11.8 Å². The van der Waals surface area contributed by atoms with Crippen LogP contribution < -0.4 is 0 Å². The van der Waals surface area contributed by atoms with E-state index < -0.39 is 17.5 Å². The summed E-state index contributed by atoms with van der Waals surface area (Å²) in [6.07, 6.45) is -4.83. The molecule has 1 N–H and O–H groups in total. The van der Waals surface area contributed by atoms with E-state index in [1.54, 1.807) is 6.07 Å². The number of rotatable bonds is 1. The van der Waals surface area contributed by atoms with Crippen molar-refractivity contribution in [1.82, 2.24) is 0 Å². The molecule has 0 aliphatic carbocycles. The van der Waals surface area contributed by atoms with Gasteiger partial charge in [0.05, 0.1) is 18.1 Å². The first kappa shape index (κ1) is 10.4. The molecule has 1 aromatic rings. The summed E-state index contributed by atoms with van der Waals surface area (Å²) >= 11 is 0. The number of nitrogens with zero attached hydrogens (tertiary/aromatic N) is 1. The molecule has 0 unspecified atom stereocenters. The molecule has 0 radical (unpaired) electrons. The van der Waals surface area contributed by atoms with Gasteiger partial charge in [-0.3, -0.25) is 0 Å². The van der Waals surface area contributed by atoms with Crippen molar-refractivity contribution >= 4 is 0 Å². The van der Waals surface area contributed by atoms with Gasteiger partial charge in [0.15, 0.2) is 0 Å². The number of alkyl halides is 3. The Kier molecular flexibility index (Phi) is 2.65. The molecule has 0 fully saturated rings. The minimum atomic E-state index is -4.59. The number of halogens is 3. The average molecular weight is 201 g/mol. The molecule has 0 aliphatic heterocycles. The monoisotopic (exact) mass is 201 g/mol. The fraction of sp³-hybridized carbons (Fsp3) is 0.222. The van der Waals surface area contributed by atoms with Gasteiger partial charge >= 0.3 is 6.18 Å². The van der Waals surface area contributed by atoms with Crippen LogP contribution in [0.4, 0.5) is 13.2 Å². The number of hydrogen-bond donors (Lipinski definition) is 1. The van der Waals surface area contributed by atoms with Crippen LogP contribution in [0.2, 0.25) is 0 Å². The van der Waals surface area contributed by atoms with E-state index in [0.29, 0.717) is 0 Å². The van der Waals surface area contributed by atoms with Crippen molar-refractivity contribution in [2.24, 2.45) is 0 Å². The molecule has 0 amide bonds. The predicted molar refractivity (Wildman–Crippen MR) is 42.4 cm³/mol. The maximum atomic E-state index is 12.2. The van der Waals surface area contributed by atoms with Gasteiger partial charge in [-0.25, -0.2) is 0 Å². The molecule has 0 aliphatic rings. The highest BCUT2D eigenvalue weighted by Crippen LogP contribution is 2.37. The van der Waals surface area contributed by atoms with Crippen molar-refractivity contribution in [2.75, 3.05) is 0 Å². The van der Waals surface area contributed by atoms with Crippen LogP contribution >= 0.6 is 0 Å². The Balaban J connectivity index is 3.22. The average Bonchev–Trinajstić information content (AvgIpc) is 2.07. The Morgan fingerprint density at radius 2 is 2.00 bits per heavy atom. The highest BCUT2D eigenvalue weighted by atomic mass is 19.4. The summed E-state index contributed by atoms with van der Waals surface area (Å²) < 4.78 is 36.7. The molecule has 1 rings (SSSR count). The zero-order valence-corrected chi connectivity index (χ0v) is 6.97. The number of benzene rings is 1. The number of para-hydroxylation sites is 1. The molecule has 14 heavy (non-hydrogen) atoms. The third kappa shape index (κ3) is 1.96. The third-order valence-corrected chi connectivity index (χ3v) is 1.69. The highest BCUT2D eigenvalue weighted by Gasteiger charge is 2.34. The van der Waals surface area contributed by atoms with Gasteiger partial charge < -0.3 is 5.11 Å². The Morgan fingerprint density at radius 1 is 1.36 bits per heavy atom. The van der Waals surface area contributed by atoms with Crippen LogP contribution in [0.15, 0.2) is 18.2 Å². The molecule has 0 atom stereocenters. The molecule has 2 nitrogen and oxygen atoms in total. The molecule has 0 spiro atoms. The van der Waals surface area contributed by atoms with Crippen LogP contribution in [0.25, 0.3) is 0 Å². The van der Waals surface area contributed by atoms with E-state index in [1.807, 2.05) is 0 Å². The van der Waals surface area contributed by atoms with Gasteiger partial charge in [0.1, 0.15) is 5.75 Å². The van der Waals surface area contributed by atoms with Crippen LogP contribution in [0.3, 0.4) is 0 Å². The summed E-state index contributed by atoms with van der Waals surface area (Å²) in [6.45, 7) is 0. The number of hydrogen-bond acceptors (Lipinski definition) is 2. The van der Waals surface area contributed by atoms with Gasteiger partial charge in [0.2, 0.25) is 0 Å². The van der Waals surface area contributed by atoms with Crippen LogP contribution in [0.5, 0.6) is 5.75 Å².